The number of fused-ring (bicyclic) bond motifs is 7. The zero-order valence-corrected chi connectivity index (χ0v) is 47.1. The quantitative estimate of drug-likeness (QED) is 0.159. The SMILES string of the molecule is Cc1cc2c3c(c1)N(c1ccc(C(C)(C)c4ccccc4)cc1-c1ccccc1)c1cc4c(cc1B3c1cc3c(cc1N2c1cc2c(cc1C)C(C)(C)CCC2(C)C)C(C)(C)CCC3(C)C)C(C)(C)CC4(C)C. The van der Waals surface area contributed by atoms with Gasteiger partial charge in [0.05, 0.1) is 5.69 Å². The molecule has 73 heavy (non-hydrogen) atoms. The van der Waals surface area contributed by atoms with E-state index in [1.54, 1.807) is 0 Å². The van der Waals surface area contributed by atoms with Crippen molar-refractivity contribution < 1.29 is 0 Å². The summed E-state index contributed by atoms with van der Waals surface area (Å²) in [4.78, 5) is 5.48. The van der Waals surface area contributed by atoms with E-state index in [4.69, 9.17) is 0 Å². The van der Waals surface area contributed by atoms with Gasteiger partial charge in [0.1, 0.15) is 0 Å². The van der Waals surface area contributed by atoms with Gasteiger partial charge in [-0.25, -0.2) is 0 Å². The van der Waals surface area contributed by atoms with Crippen molar-refractivity contribution in [1.82, 2.24) is 0 Å². The van der Waals surface area contributed by atoms with E-state index in [0.717, 1.165) is 6.42 Å². The maximum atomic E-state index is 2.76. The number of aryl methyl sites for hydroxylation is 2. The third kappa shape index (κ3) is 7.16. The maximum absolute atomic E-state index is 2.76. The van der Waals surface area contributed by atoms with Crippen LogP contribution in [0.25, 0.3) is 11.1 Å². The molecule has 5 aliphatic rings. The maximum Gasteiger partial charge on any atom is 0.252 e. The molecular formula is C70H79BN2. The molecule has 0 spiro atoms. The van der Waals surface area contributed by atoms with Crippen LogP contribution in [0.4, 0.5) is 34.1 Å². The topological polar surface area (TPSA) is 6.48 Å². The van der Waals surface area contributed by atoms with Crippen molar-refractivity contribution in [2.45, 2.75) is 181 Å². The highest BCUT2D eigenvalue weighted by Crippen LogP contribution is 2.56. The largest absolute Gasteiger partial charge is 0.311 e. The Kier molecular flexibility index (Phi) is 10.3. The first kappa shape index (κ1) is 48.2. The van der Waals surface area contributed by atoms with Gasteiger partial charge in [0, 0.05) is 39.4 Å². The van der Waals surface area contributed by atoms with Gasteiger partial charge in [0.15, 0.2) is 0 Å². The molecular weight excluding hydrogens is 880 g/mol. The van der Waals surface area contributed by atoms with Crippen LogP contribution in [0, 0.1) is 13.8 Å². The third-order valence-corrected chi connectivity index (χ3v) is 19.6. The lowest BCUT2D eigenvalue weighted by molar-refractivity contribution is 0.331. The minimum absolute atomic E-state index is 0.0195. The van der Waals surface area contributed by atoms with Gasteiger partial charge in [-0.1, -0.05) is 182 Å². The van der Waals surface area contributed by atoms with Crippen molar-refractivity contribution in [3.8, 4) is 11.1 Å². The molecule has 7 aromatic rings. The van der Waals surface area contributed by atoms with Crippen LogP contribution in [0.1, 0.15) is 185 Å². The van der Waals surface area contributed by atoms with Crippen molar-refractivity contribution >= 4 is 57.2 Å². The fourth-order valence-electron chi connectivity index (χ4n) is 15.1. The molecule has 0 fully saturated rings. The second kappa shape index (κ2) is 15.6. The van der Waals surface area contributed by atoms with Gasteiger partial charge in [-0.15, -0.1) is 0 Å². The van der Waals surface area contributed by atoms with E-state index >= 15 is 0 Å². The summed E-state index contributed by atoms with van der Waals surface area (Å²) in [5.41, 5.74) is 29.0. The number of benzene rings is 7. The molecule has 7 aromatic carbocycles. The minimum Gasteiger partial charge on any atom is -0.311 e. The van der Waals surface area contributed by atoms with Crippen LogP contribution >= 0.6 is 0 Å². The van der Waals surface area contributed by atoms with E-state index in [1.807, 2.05) is 0 Å². The summed E-state index contributed by atoms with van der Waals surface area (Å²) in [5, 5.41) is 0. The van der Waals surface area contributed by atoms with Crippen LogP contribution in [0.15, 0.2) is 127 Å². The Labute approximate surface area is 439 Å². The van der Waals surface area contributed by atoms with Crippen LogP contribution in [-0.4, -0.2) is 6.71 Å². The highest BCUT2D eigenvalue weighted by atomic mass is 15.2. The fraction of sp³-hybridized carbons (Fsp3) is 0.400. The molecule has 0 saturated carbocycles. The van der Waals surface area contributed by atoms with Gasteiger partial charge in [-0.3, -0.25) is 0 Å². The molecule has 12 rings (SSSR count). The molecule has 0 unspecified atom stereocenters. The van der Waals surface area contributed by atoms with Gasteiger partial charge >= 0.3 is 0 Å². The fourth-order valence-corrected chi connectivity index (χ4v) is 15.1. The first-order valence-corrected chi connectivity index (χ1v) is 27.8. The summed E-state index contributed by atoms with van der Waals surface area (Å²) < 4.78 is 0. The lowest BCUT2D eigenvalue weighted by Gasteiger charge is -2.48. The molecule has 2 nitrogen and oxygen atoms in total. The summed E-state index contributed by atoms with van der Waals surface area (Å²) in [6, 6.07) is 50.8. The van der Waals surface area contributed by atoms with Gasteiger partial charge < -0.3 is 9.80 Å². The molecule has 3 heteroatoms. The number of hydrogen-bond donors (Lipinski definition) is 0. The average molecular weight is 959 g/mol. The third-order valence-electron chi connectivity index (χ3n) is 19.6. The van der Waals surface area contributed by atoms with Gasteiger partial charge in [0.25, 0.3) is 6.71 Å². The minimum atomic E-state index is -0.213. The summed E-state index contributed by atoms with van der Waals surface area (Å²) in [6.45, 7) is 39.4. The Balaban J connectivity index is 1.21. The van der Waals surface area contributed by atoms with Crippen molar-refractivity contribution in [2.24, 2.45) is 0 Å². The molecule has 0 bridgehead atoms. The Morgan fingerprint density at radius 2 is 0.822 bits per heavy atom. The number of rotatable bonds is 5. The smallest absolute Gasteiger partial charge is 0.252 e. The monoisotopic (exact) mass is 959 g/mol. The van der Waals surface area contributed by atoms with Crippen molar-refractivity contribution in [2.75, 3.05) is 9.80 Å². The van der Waals surface area contributed by atoms with Gasteiger partial charge in [-0.2, -0.15) is 0 Å². The molecule has 0 saturated heterocycles. The second-order valence-corrected chi connectivity index (χ2v) is 28.0. The van der Waals surface area contributed by atoms with Gasteiger partial charge in [-0.05, 0) is 198 Å². The van der Waals surface area contributed by atoms with Crippen molar-refractivity contribution in [3.05, 3.63) is 183 Å². The van der Waals surface area contributed by atoms with E-state index in [1.165, 1.54) is 143 Å². The zero-order chi connectivity index (χ0) is 51.7. The average Bonchev–Trinajstić information content (AvgIpc) is 3.52. The van der Waals surface area contributed by atoms with E-state index in [9.17, 15) is 0 Å². The highest BCUT2D eigenvalue weighted by Gasteiger charge is 2.50. The first-order valence-electron chi connectivity index (χ1n) is 27.8. The Bertz CT molecular complexity index is 3430. The van der Waals surface area contributed by atoms with E-state index in [2.05, 4.69) is 248 Å². The molecule has 2 heterocycles. The molecule has 0 N–H and O–H groups in total. The normalized spacial score (nSPS) is 19.8. The molecule has 0 atom stereocenters. The lowest BCUT2D eigenvalue weighted by atomic mass is 9.32. The van der Waals surface area contributed by atoms with E-state index in [0.29, 0.717) is 0 Å². The molecule has 0 amide bonds. The summed E-state index contributed by atoms with van der Waals surface area (Å²) in [6.07, 6.45) is 5.85. The van der Waals surface area contributed by atoms with Crippen LogP contribution in [-0.2, 0) is 37.9 Å². The number of nitrogens with zero attached hydrogens (tertiary/aromatic N) is 2. The highest BCUT2D eigenvalue weighted by molar-refractivity contribution is 7.00. The van der Waals surface area contributed by atoms with E-state index < -0.39 is 0 Å². The van der Waals surface area contributed by atoms with Crippen molar-refractivity contribution in [3.63, 3.8) is 0 Å². The van der Waals surface area contributed by atoms with Gasteiger partial charge in [0.2, 0.25) is 0 Å². The molecule has 0 aromatic heterocycles. The Morgan fingerprint density at radius 3 is 1.34 bits per heavy atom. The predicted molar refractivity (Wildman–Crippen MR) is 315 cm³/mol. The summed E-state index contributed by atoms with van der Waals surface area (Å²) in [5.74, 6) is 0. The van der Waals surface area contributed by atoms with Crippen LogP contribution in [0.3, 0.4) is 0 Å². The second-order valence-electron chi connectivity index (χ2n) is 28.0. The summed E-state index contributed by atoms with van der Waals surface area (Å²) in [7, 11) is 0. The molecule has 3 aliphatic carbocycles. The van der Waals surface area contributed by atoms with E-state index in [-0.39, 0.29) is 44.6 Å². The standard InChI is InChI=1S/C70H79BN2/c1-43-33-61-63-62(34-43)73(58-39-52-49(35-44(58)2)64(3,4)29-31-66(52,7)8)60-40-53-50(65(5,6)30-32-67(53,9)10)37-55(60)71(63)56-38-51-54(69(13,14)42-68(51,11)12)41-59(56)72(61)57-28-27-47(36-48(57)45-23-19-17-20-24-45)70(15,16)46-25-21-18-22-26-46/h17-28,33-41H,29-32,42H2,1-16H3. The molecule has 372 valence electrons. The Morgan fingerprint density at radius 1 is 0.397 bits per heavy atom. The lowest BCUT2D eigenvalue weighted by Crippen LogP contribution is -2.62. The van der Waals surface area contributed by atoms with Crippen LogP contribution < -0.4 is 26.2 Å². The van der Waals surface area contributed by atoms with Crippen molar-refractivity contribution in [1.29, 1.82) is 0 Å². The first-order chi connectivity index (χ1) is 34.2. The zero-order valence-electron chi connectivity index (χ0n) is 47.1. The van der Waals surface area contributed by atoms with Crippen LogP contribution in [0.2, 0.25) is 0 Å². The molecule has 0 radical (unpaired) electrons. The molecule has 2 aliphatic heterocycles. The Hall–Kier alpha value is -5.80. The summed E-state index contributed by atoms with van der Waals surface area (Å²) >= 11 is 0. The predicted octanol–water partition coefficient (Wildman–Crippen LogP) is 17.0. The number of hydrogen-bond acceptors (Lipinski definition) is 2. The number of anilines is 6. The van der Waals surface area contributed by atoms with Crippen LogP contribution in [0.5, 0.6) is 0 Å².